The predicted molar refractivity (Wildman–Crippen MR) is 129 cm³/mol. The summed E-state index contributed by atoms with van der Waals surface area (Å²) in [7, 11) is 0. The number of carbonyl (C=O) groups excluding carboxylic acids is 4. The van der Waals surface area contributed by atoms with Crippen LogP contribution in [0.3, 0.4) is 0 Å². The average Bonchev–Trinajstić information content (AvgIpc) is 2.64. The van der Waals surface area contributed by atoms with Crippen LogP contribution in [0.5, 0.6) is 0 Å². The van der Waals surface area contributed by atoms with E-state index in [2.05, 4.69) is 16.7 Å². The number of terminal acetylenes is 1. The maximum atomic E-state index is 13.5. The molecule has 0 heterocycles. The number of primary amides is 1. The first kappa shape index (κ1) is 28.5. The van der Waals surface area contributed by atoms with E-state index in [9.17, 15) is 19.2 Å². The van der Waals surface area contributed by atoms with Crippen LogP contribution in [-0.2, 0) is 19.1 Å². The van der Waals surface area contributed by atoms with Gasteiger partial charge in [-0.15, -0.1) is 0 Å². The quantitative estimate of drug-likeness (QED) is 0.414. The highest BCUT2D eigenvalue weighted by Gasteiger charge is 2.38. The lowest BCUT2D eigenvalue weighted by Gasteiger charge is -2.33. The molecule has 186 valence electrons. The SMILES string of the molecule is C#CN(C(=O)C(CC(N)=O)NC(=O)OC(C)(C)C)C(C(=O)NC(C)(C)C)c1cccc(C)c1C. The highest BCUT2D eigenvalue weighted by Crippen LogP contribution is 2.27. The first-order valence-electron chi connectivity index (χ1n) is 10.9. The van der Waals surface area contributed by atoms with E-state index in [1.54, 1.807) is 53.7 Å². The zero-order valence-electron chi connectivity index (χ0n) is 21.2. The van der Waals surface area contributed by atoms with Crippen molar-refractivity contribution in [2.75, 3.05) is 0 Å². The summed E-state index contributed by atoms with van der Waals surface area (Å²) < 4.78 is 5.20. The van der Waals surface area contributed by atoms with Gasteiger partial charge in [0.15, 0.2) is 0 Å². The van der Waals surface area contributed by atoms with Crippen LogP contribution in [0.4, 0.5) is 4.79 Å². The van der Waals surface area contributed by atoms with Gasteiger partial charge in [0.25, 0.3) is 5.91 Å². The van der Waals surface area contributed by atoms with Crippen molar-refractivity contribution in [3.8, 4) is 12.5 Å². The highest BCUT2D eigenvalue weighted by molar-refractivity contribution is 5.95. The molecule has 2 atom stereocenters. The minimum atomic E-state index is -1.43. The minimum absolute atomic E-state index is 0.511. The van der Waals surface area contributed by atoms with Gasteiger partial charge in [0.2, 0.25) is 11.8 Å². The maximum Gasteiger partial charge on any atom is 0.408 e. The summed E-state index contributed by atoms with van der Waals surface area (Å²) in [5.41, 5.74) is 6.05. The van der Waals surface area contributed by atoms with Crippen molar-refractivity contribution in [1.82, 2.24) is 15.5 Å². The Morgan fingerprint density at radius 2 is 1.71 bits per heavy atom. The van der Waals surface area contributed by atoms with E-state index in [0.29, 0.717) is 5.56 Å². The summed E-state index contributed by atoms with van der Waals surface area (Å²) in [4.78, 5) is 51.8. The topological polar surface area (TPSA) is 131 Å². The Morgan fingerprint density at radius 1 is 1.12 bits per heavy atom. The van der Waals surface area contributed by atoms with Gasteiger partial charge in [-0.3, -0.25) is 19.3 Å². The molecule has 0 saturated heterocycles. The largest absolute Gasteiger partial charge is 0.444 e. The summed E-state index contributed by atoms with van der Waals surface area (Å²) in [6.07, 6.45) is 4.26. The number of aryl methyl sites for hydroxylation is 1. The number of hydrogen-bond donors (Lipinski definition) is 3. The minimum Gasteiger partial charge on any atom is -0.444 e. The first-order chi connectivity index (χ1) is 15.5. The molecule has 0 saturated carbocycles. The van der Waals surface area contributed by atoms with Crippen LogP contribution in [0.15, 0.2) is 18.2 Å². The predicted octanol–water partition coefficient (Wildman–Crippen LogP) is 2.45. The van der Waals surface area contributed by atoms with E-state index in [-0.39, 0.29) is 0 Å². The Labute approximate surface area is 201 Å². The van der Waals surface area contributed by atoms with Gasteiger partial charge < -0.3 is 21.1 Å². The number of nitrogens with zero attached hydrogens (tertiary/aromatic N) is 1. The third-order valence-electron chi connectivity index (χ3n) is 4.72. The molecular weight excluding hydrogens is 436 g/mol. The molecule has 9 heteroatoms. The number of carbonyl (C=O) groups is 4. The van der Waals surface area contributed by atoms with E-state index >= 15 is 0 Å². The smallest absolute Gasteiger partial charge is 0.408 e. The van der Waals surface area contributed by atoms with Crippen LogP contribution in [0.25, 0.3) is 0 Å². The molecule has 1 aromatic carbocycles. The van der Waals surface area contributed by atoms with Gasteiger partial charge >= 0.3 is 6.09 Å². The number of hydrogen-bond acceptors (Lipinski definition) is 5. The van der Waals surface area contributed by atoms with Gasteiger partial charge in [-0.05, 0) is 72.1 Å². The van der Waals surface area contributed by atoms with Gasteiger partial charge in [0.05, 0.1) is 6.42 Å². The normalized spacial score (nSPS) is 13.1. The lowest BCUT2D eigenvalue weighted by molar-refractivity contribution is -0.140. The van der Waals surface area contributed by atoms with Crippen LogP contribution < -0.4 is 16.4 Å². The second-order valence-corrected chi connectivity index (χ2v) is 10.1. The van der Waals surface area contributed by atoms with Crippen LogP contribution in [0.2, 0.25) is 0 Å². The molecule has 2 unspecified atom stereocenters. The molecule has 0 radical (unpaired) electrons. The zero-order chi connectivity index (χ0) is 26.4. The summed E-state index contributed by atoms with van der Waals surface area (Å²) in [5, 5.41) is 5.21. The van der Waals surface area contributed by atoms with E-state index in [4.69, 9.17) is 16.9 Å². The monoisotopic (exact) mass is 472 g/mol. The molecular formula is C25H36N4O5. The lowest BCUT2D eigenvalue weighted by Crippen LogP contribution is -2.54. The first-order valence-corrected chi connectivity index (χ1v) is 10.9. The van der Waals surface area contributed by atoms with Gasteiger partial charge in [-0.2, -0.15) is 0 Å². The molecule has 4 N–H and O–H groups in total. The van der Waals surface area contributed by atoms with Gasteiger partial charge in [0.1, 0.15) is 17.7 Å². The molecule has 0 aliphatic rings. The Morgan fingerprint density at radius 3 is 2.18 bits per heavy atom. The molecule has 9 nitrogen and oxygen atoms in total. The molecule has 0 bridgehead atoms. The average molecular weight is 473 g/mol. The fourth-order valence-corrected chi connectivity index (χ4v) is 3.19. The number of alkyl carbamates (subject to hydrolysis) is 1. The third kappa shape index (κ3) is 8.43. The highest BCUT2D eigenvalue weighted by atomic mass is 16.6. The summed E-state index contributed by atoms with van der Waals surface area (Å²) in [5.74, 6) is -2.20. The van der Waals surface area contributed by atoms with Crippen LogP contribution in [0, 0.1) is 26.3 Å². The van der Waals surface area contributed by atoms with E-state index in [1.165, 1.54) is 0 Å². The molecule has 34 heavy (non-hydrogen) atoms. The molecule has 1 aromatic rings. The number of benzene rings is 1. The Bertz CT molecular complexity index is 982. The third-order valence-corrected chi connectivity index (χ3v) is 4.72. The van der Waals surface area contributed by atoms with Crippen molar-refractivity contribution in [3.63, 3.8) is 0 Å². The fourth-order valence-electron chi connectivity index (χ4n) is 3.19. The molecule has 0 aliphatic heterocycles. The summed E-state index contributed by atoms with van der Waals surface area (Å²) in [6, 6.07) is 4.96. The van der Waals surface area contributed by atoms with E-state index < -0.39 is 53.5 Å². The van der Waals surface area contributed by atoms with Crippen LogP contribution >= 0.6 is 0 Å². The second-order valence-electron chi connectivity index (χ2n) is 10.1. The van der Waals surface area contributed by atoms with Crippen molar-refractivity contribution in [1.29, 1.82) is 0 Å². The lowest BCUT2D eigenvalue weighted by atomic mass is 9.94. The van der Waals surface area contributed by atoms with Crippen LogP contribution in [-0.4, -0.2) is 45.9 Å². The zero-order valence-corrected chi connectivity index (χ0v) is 21.2. The van der Waals surface area contributed by atoms with Crippen molar-refractivity contribution >= 4 is 23.8 Å². The van der Waals surface area contributed by atoms with Crippen molar-refractivity contribution < 1.29 is 23.9 Å². The number of ether oxygens (including phenoxy) is 1. The molecule has 0 aromatic heterocycles. The Hall–Kier alpha value is -3.54. The van der Waals surface area contributed by atoms with Gasteiger partial charge in [-0.1, -0.05) is 24.6 Å². The molecule has 0 spiro atoms. The van der Waals surface area contributed by atoms with Gasteiger partial charge in [-0.25, -0.2) is 4.79 Å². The van der Waals surface area contributed by atoms with Crippen LogP contribution in [0.1, 0.15) is 70.7 Å². The number of nitrogens with two attached hydrogens (primary N) is 1. The molecule has 0 fully saturated rings. The molecule has 0 aliphatic carbocycles. The standard InChI is InChI=1S/C25H36N4O5/c1-10-29(22(32)18(14-19(26)30)27-23(33)34-25(7,8)9)20(21(31)28-24(4,5)6)17-13-11-12-15(2)16(17)3/h1,11-13,18,20H,14H2,2-9H3,(H2,26,30)(H,27,33)(H,28,31). The second kappa shape index (κ2) is 11.1. The maximum absolute atomic E-state index is 13.5. The van der Waals surface area contributed by atoms with E-state index in [0.717, 1.165) is 16.0 Å². The molecule has 1 rings (SSSR count). The van der Waals surface area contributed by atoms with Crippen molar-refractivity contribution in [3.05, 3.63) is 34.9 Å². The molecule has 4 amide bonds. The number of nitrogens with one attached hydrogen (secondary N) is 2. The number of amides is 4. The Kier molecular flexibility index (Phi) is 9.26. The van der Waals surface area contributed by atoms with E-state index in [1.807, 2.05) is 19.9 Å². The van der Waals surface area contributed by atoms with Crippen molar-refractivity contribution in [2.24, 2.45) is 5.73 Å². The van der Waals surface area contributed by atoms with Crippen molar-refractivity contribution in [2.45, 2.75) is 85.0 Å². The fraction of sp³-hybridized carbons (Fsp3) is 0.520. The van der Waals surface area contributed by atoms with Gasteiger partial charge in [0, 0.05) is 11.6 Å². The Balaban J connectivity index is 3.51. The number of rotatable bonds is 7. The summed E-state index contributed by atoms with van der Waals surface area (Å²) >= 11 is 0. The summed E-state index contributed by atoms with van der Waals surface area (Å²) in [6.45, 7) is 14.0.